The molecule has 2 aromatic carbocycles. The minimum Gasteiger partial charge on any atom is -0.497 e. The standard InChI is InChI=1S/C29H30N2O8/c1-5-38-28(33)23-16(3)30-22-15-21(17-9-8-12-20(14-17)37-4)25(29(34)39-6-2)27(32)26(22)24(23)18-10-7-11-19(13-18)31(35)36/h7-14,21,24-25,30H,5-6,15H2,1-4H3/t21-,24+,25-/m1/s1. The Morgan fingerprint density at radius 1 is 1.05 bits per heavy atom. The van der Waals surface area contributed by atoms with Gasteiger partial charge in [-0.1, -0.05) is 24.3 Å². The van der Waals surface area contributed by atoms with E-state index in [2.05, 4.69) is 5.32 Å². The molecule has 0 unspecified atom stereocenters. The molecule has 4 rings (SSSR count). The number of ketones is 1. The number of nitro benzene ring substituents is 1. The number of ether oxygens (including phenoxy) is 3. The third kappa shape index (κ3) is 5.27. The van der Waals surface area contributed by atoms with E-state index in [1.807, 2.05) is 6.07 Å². The predicted octanol–water partition coefficient (Wildman–Crippen LogP) is 4.32. The number of dihydropyridines is 1. The largest absolute Gasteiger partial charge is 0.497 e. The Morgan fingerprint density at radius 2 is 1.74 bits per heavy atom. The quantitative estimate of drug-likeness (QED) is 0.227. The van der Waals surface area contributed by atoms with E-state index in [0.29, 0.717) is 22.7 Å². The Bertz CT molecular complexity index is 1390. The first-order valence-corrected chi connectivity index (χ1v) is 12.7. The molecule has 1 aliphatic heterocycles. The Labute approximate surface area is 225 Å². The summed E-state index contributed by atoms with van der Waals surface area (Å²) in [7, 11) is 1.53. The minimum atomic E-state index is -1.19. The zero-order valence-electron chi connectivity index (χ0n) is 22.2. The van der Waals surface area contributed by atoms with Crippen LogP contribution in [-0.2, 0) is 23.9 Å². The number of esters is 2. The van der Waals surface area contributed by atoms with Crippen LogP contribution in [0.2, 0.25) is 0 Å². The molecule has 0 aromatic heterocycles. The van der Waals surface area contributed by atoms with Crippen molar-refractivity contribution in [1.82, 2.24) is 5.32 Å². The van der Waals surface area contributed by atoms with Gasteiger partial charge >= 0.3 is 11.9 Å². The van der Waals surface area contributed by atoms with E-state index in [1.54, 1.807) is 45.0 Å². The van der Waals surface area contributed by atoms with Crippen LogP contribution in [-0.4, -0.2) is 43.0 Å². The fourth-order valence-electron chi connectivity index (χ4n) is 5.35. The zero-order chi connectivity index (χ0) is 28.3. The molecule has 0 fully saturated rings. The van der Waals surface area contributed by atoms with Crippen LogP contribution in [0.4, 0.5) is 5.69 Å². The average Bonchev–Trinajstić information content (AvgIpc) is 2.92. The number of nitrogens with zero attached hydrogens (tertiary/aromatic N) is 1. The Hall–Kier alpha value is -4.47. The number of hydrogen-bond donors (Lipinski definition) is 1. The van der Waals surface area contributed by atoms with E-state index in [9.17, 15) is 24.5 Å². The number of carbonyl (C=O) groups is 3. The van der Waals surface area contributed by atoms with Gasteiger partial charge in [0, 0.05) is 40.9 Å². The molecule has 10 nitrogen and oxygen atoms in total. The molecule has 0 saturated heterocycles. The van der Waals surface area contributed by atoms with Gasteiger partial charge in [-0.2, -0.15) is 0 Å². The number of hydrogen-bond acceptors (Lipinski definition) is 9. The van der Waals surface area contributed by atoms with E-state index in [0.717, 1.165) is 5.56 Å². The number of nitro groups is 1. The van der Waals surface area contributed by atoms with Crippen LogP contribution in [0.25, 0.3) is 0 Å². The molecule has 0 amide bonds. The first-order valence-electron chi connectivity index (χ1n) is 12.7. The average molecular weight is 535 g/mol. The lowest BCUT2D eigenvalue weighted by Crippen LogP contribution is -2.43. The summed E-state index contributed by atoms with van der Waals surface area (Å²) >= 11 is 0. The van der Waals surface area contributed by atoms with Crippen LogP contribution in [0.1, 0.15) is 50.2 Å². The van der Waals surface area contributed by atoms with Gasteiger partial charge in [0.15, 0.2) is 5.78 Å². The van der Waals surface area contributed by atoms with Crippen LogP contribution in [0.3, 0.4) is 0 Å². The third-order valence-electron chi connectivity index (χ3n) is 6.99. The van der Waals surface area contributed by atoms with Crippen molar-refractivity contribution in [3.63, 3.8) is 0 Å². The van der Waals surface area contributed by atoms with Gasteiger partial charge in [-0.05, 0) is 50.5 Å². The van der Waals surface area contributed by atoms with Crippen molar-refractivity contribution in [3.05, 3.63) is 92.3 Å². The highest BCUT2D eigenvalue weighted by Crippen LogP contribution is 2.48. The third-order valence-corrected chi connectivity index (χ3v) is 6.99. The SMILES string of the molecule is CCOC(=O)C1=C(C)NC2=C(C(=O)[C@H](C(=O)OCC)[C@@H](c3cccc(OC)c3)C2)[C@H]1c1cccc([N+](=O)[O-])c1. The van der Waals surface area contributed by atoms with Gasteiger partial charge in [-0.25, -0.2) is 4.79 Å². The van der Waals surface area contributed by atoms with E-state index in [-0.39, 0.29) is 36.5 Å². The molecule has 39 heavy (non-hydrogen) atoms. The fraction of sp³-hybridized carbons (Fsp3) is 0.345. The smallest absolute Gasteiger partial charge is 0.336 e. The summed E-state index contributed by atoms with van der Waals surface area (Å²) < 4.78 is 16.0. The van der Waals surface area contributed by atoms with Crippen molar-refractivity contribution in [2.24, 2.45) is 5.92 Å². The molecule has 1 N–H and O–H groups in total. The van der Waals surface area contributed by atoms with Crippen LogP contribution in [0.5, 0.6) is 5.75 Å². The minimum absolute atomic E-state index is 0.0823. The molecular formula is C29H30N2O8. The van der Waals surface area contributed by atoms with Crippen LogP contribution < -0.4 is 10.1 Å². The first-order chi connectivity index (χ1) is 18.7. The van der Waals surface area contributed by atoms with Gasteiger partial charge in [0.2, 0.25) is 0 Å². The van der Waals surface area contributed by atoms with Gasteiger partial charge in [-0.15, -0.1) is 0 Å². The predicted molar refractivity (Wildman–Crippen MR) is 141 cm³/mol. The lowest BCUT2D eigenvalue weighted by atomic mass is 9.67. The summed E-state index contributed by atoms with van der Waals surface area (Å²) in [6, 6.07) is 13.0. The molecule has 2 aliphatic rings. The molecule has 0 spiro atoms. The topological polar surface area (TPSA) is 134 Å². The number of methoxy groups -OCH3 is 1. The van der Waals surface area contributed by atoms with Crippen molar-refractivity contribution in [2.45, 2.75) is 39.0 Å². The number of benzene rings is 2. The van der Waals surface area contributed by atoms with Crippen molar-refractivity contribution in [1.29, 1.82) is 0 Å². The lowest BCUT2D eigenvalue weighted by Gasteiger charge is -2.39. The van der Waals surface area contributed by atoms with Crippen LogP contribution in [0, 0.1) is 16.0 Å². The van der Waals surface area contributed by atoms with Gasteiger partial charge in [0.1, 0.15) is 11.7 Å². The summed E-state index contributed by atoms with van der Waals surface area (Å²) in [6.07, 6.45) is 0.261. The second-order valence-electron chi connectivity index (χ2n) is 9.24. The highest BCUT2D eigenvalue weighted by Gasteiger charge is 2.49. The van der Waals surface area contributed by atoms with Crippen molar-refractivity contribution in [2.75, 3.05) is 20.3 Å². The molecule has 10 heteroatoms. The van der Waals surface area contributed by atoms with Gasteiger partial charge in [0.05, 0.1) is 30.8 Å². The molecule has 204 valence electrons. The second-order valence-corrected chi connectivity index (χ2v) is 9.24. The summed E-state index contributed by atoms with van der Waals surface area (Å²) in [6.45, 7) is 5.20. The normalized spacial score (nSPS) is 20.6. The van der Waals surface area contributed by atoms with E-state index in [4.69, 9.17) is 14.2 Å². The summed E-state index contributed by atoms with van der Waals surface area (Å²) in [5.41, 5.74) is 2.27. The van der Waals surface area contributed by atoms with Gasteiger partial charge in [0.25, 0.3) is 5.69 Å². The van der Waals surface area contributed by atoms with Crippen LogP contribution in [0.15, 0.2) is 71.1 Å². The number of rotatable bonds is 8. The highest BCUT2D eigenvalue weighted by molar-refractivity contribution is 6.13. The maximum atomic E-state index is 14.3. The molecule has 0 radical (unpaired) electrons. The fourth-order valence-corrected chi connectivity index (χ4v) is 5.35. The molecule has 0 saturated carbocycles. The molecule has 1 heterocycles. The Balaban J connectivity index is 1.93. The van der Waals surface area contributed by atoms with Gasteiger partial charge in [-0.3, -0.25) is 19.7 Å². The maximum absolute atomic E-state index is 14.3. The van der Waals surface area contributed by atoms with Crippen LogP contribution >= 0.6 is 0 Å². The summed E-state index contributed by atoms with van der Waals surface area (Å²) in [5.74, 6) is -4.00. The number of Topliss-reactive ketones (excluding diaryl/α,β-unsaturated/α-hetero) is 1. The van der Waals surface area contributed by atoms with E-state index < -0.39 is 40.4 Å². The first kappa shape index (κ1) is 27.6. The molecule has 1 aliphatic carbocycles. The Kier molecular flexibility index (Phi) is 8.13. The molecule has 0 bridgehead atoms. The Morgan fingerprint density at radius 3 is 2.41 bits per heavy atom. The van der Waals surface area contributed by atoms with E-state index >= 15 is 0 Å². The van der Waals surface area contributed by atoms with Gasteiger partial charge < -0.3 is 19.5 Å². The maximum Gasteiger partial charge on any atom is 0.336 e. The number of allylic oxidation sites excluding steroid dienone is 3. The molecule has 2 aromatic rings. The number of non-ortho nitro benzene ring substituents is 1. The zero-order valence-corrected chi connectivity index (χ0v) is 22.2. The molecule has 3 atom stereocenters. The van der Waals surface area contributed by atoms with Crippen molar-refractivity contribution in [3.8, 4) is 5.75 Å². The van der Waals surface area contributed by atoms with Crippen molar-refractivity contribution >= 4 is 23.4 Å². The van der Waals surface area contributed by atoms with E-state index in [1.165, 1.54) is 25.3 Å². The number of nitrogens with one attached hydrogen (secondary N) is 1. The second kappa shape index (κ2) is 11.5. The summed E-state index contributed by atoms with van der Waals surface area (Å²) in [4.78, 5) is 51.8. The lowest BCUT2D eigenvalue weighted by molar-refractivity contribution is -0.384. The monoisotopic (exact) mass is 534 g/mol. The highest BCUT2D eigenvalue weighted by atomic mass is 16.6. The van der Waals surface area contributed by atoms with Crippen molar-refractivity contribution < 1.29 is 33.5 Å². The number of carbonyl (C=O) groups excluding carboxylic acids is 3. The summed E-state index contributed by atoms with van der Waals surface area (Å²) in [5, 5.41) is 14.8. The molecular weight excluding hydrogens is 504 g/mol.